The molecule has 1 nitrogen and oxygen atoms in total. The van der Waals surface area contributed by atoms with E-state index in [2.05, 4.69) is 74.4 Å². The van der Waals surface area contributed by atoms with Gasteiger partial charge in [-0.25, -0.2) is 0 Å². The van der Waals surface area contributed by atoms with Gasteiger partial charge in [0.05, 0.1) is 0 Å². The first kappa shape index (κ1) is 16.6. The minimum absolute atomic E-state index is 0.224. The van der Waals surface area contributed by atoms with Crippen LogP contribution in [0.4, 0.5) is 0 Å². The largest absolute Gasteiger partial charge is 0.290 e. The van der Waals surface area contributed by atoms with Crippen molar-refractivity contribution in [1.29, 1.82) is 0 Å². The van der Waals surface area contributed by atoms with Crippen LogP contribution in [0.5, 0.6) is 0 Å². The Morgan fingerprint density at radius 3 is 2.57 bits per heavy atom. The van der Waals surface area contributed by atoms with Crippen LogP contribution in [-0.4, -0.2) is 16.7 Å². The van der Waals surface area contributed by atoms with E-state index in [-0.39, 0.29) is 5.54 Å². The predicted octanol–water partition coefficient (Wildman–Crippen LogP) is 5.44. The maximum atomic E-state index is 2.64. The summed E-state index contributed by atoms with van der Waals surface area (Å²) < 4.78 is 0. The molecule has 0 bridgehead atoms. The Labute approximate surface area is 145 Å². The lowest BCUT2D eigenvalue weighted by Gasteiger charge is -2.35. The number of rotatable bonds is 5. The highest BCUT2D eigenvalue weighted by Gasteiger charge is 2.31. The Balaban J connectivity index is 1.66. The number of thioether (sulfide) groups is 1. The first-order valence-corrected chi connectivity index (χ1v) is 9.67. The van der Waals surface area contributed by atoms with E-state index in [1.54, 1.807) is 0 Å². The van der Waals surface area contributed by atoms with E-state index in [0.717, 1.165) is 19.5 Å². The first-order valence-electron chi connectivity index (χ1n) is 8.44. The fourth-order valence-electron chi connectivity index (χ4n) is 3.40. The molecule has 0 atom stereocenters. The molecule has 0 amide bonds. The van der Waals surface area contributed by atoms with Gasteiger partial charge in [-0.05, 0) is 68.7 Å². The van der Waals surface area contributed by atoms with Gasteiger partial charge >= 0.3 is 0 Å². The zero-order valence-corrected chi connectivity index (χ0v) is 15.5. The van der Waals surface area contributed by atoms with Crippen molar-refractivity contribution in [1.82, 2.24) is 4.90 Å². The van der Waals surface area contributed by atoms with Gasteiger partial charge in [0.25, 0.3) is 0 Å². The highest BCUT2D eigenvalue weighted by molar-refractivity contribution is 7.98. The highest BCUT2D eigenvalue weighted by atomic mass is 32.2. The van der Waals surface area contributed by atoms with Crippen molar-refractivity contribution in [2.24, 2.45) is 0 Å². The van der Waals surface area contributed by atoms with Gasteiger partial charge in [0.2, 0.25) is 0 Å². The van der Waals surface area contributed by atoms with Gasteiger partial charge in [-0.15, -0.1) is 11.8 Å². The fraction of sp³-hybridized carbons (Fsp3) is 0.429. The van der Waals surface area contributed by atoms with Crippen molar-refractivity contribution in [3.63, 3.8) is 0 Å². The smallest absolute Gasteiger partial charge is 0.0246 e. The molecule has 0 radical (unpaired) electrons. The molecule has 1 aliphatic heterocycles. The maximum absolute atomic E-state index is 2.64. The second-order valence-corrected chi connectivity index (χ2v) is 8.17. The van der Waals surface area contributed by atoms with Crippen molar-refractivity contribution in [2.45, 2.75) is 57.1 Å². The van der Waals surface area contributed by atoms with Crippen molar-refractivity contribution >= 4 is 11.8 Å². The topological polar surface area (TPSA) is 3.24 Å². The van der Waals surface area contributed by atoms with Crippen molar-refractivity contribution in [2.75, 3.05) is 6.26 Å². The molecule has 122 valence electrons. The van der Waals surface area contributed by atoms with Crippen LogP contribution < -0.4 is 0 Å². The Bertz CT molecular complexity index is 690. The highest BCUT2D eigenvalue weighted by Crippen LogP contribution is 2.33. The van der Waals surface area contributed by atoms with E-state index >= 15 is 0 Å². The summed E-state index contributed by atoms with van der Waals surface area (Å²) in [6.45, 7) is 9.14. The van der Waals surface area contributed by atoms with Crippen LogP contribution in [0.2, 0.25) is 0 Å². The van der Waals surface area contributed by atoms with Crippen molar-refractivity contribution in [3.8, 4) is 0 Å². The van der Waals surface area contributed by atoms with Gasteiger partial charge in [-0.2, -0.15) is 0 Å². The van der Waals surface area contributed by atoms with E-state index in [9.17, 15) is 0 Å². The summed E-state index contributed by atoms with van der Waals surface area (Å²) in [4.78, 5) is 4.01. The summed E-state index contributed by atoms with van der Waals surface area (Å²) in [6, 6.07) is 15.9. The van der Waals surface area contributed by atoms with E-state index in [0.29, 0.717) is 0 Å². The van der Waals surface area contributed by atoms with Crippen LogP contribution >= 0.6 is 11.8 Å². The molecule has 0 aliphatic carbocycles. The van der Waals surface area contributed by atoms with Crippen LogP contribution in [0.15, 0.2) is 47.4 Å². The predicted molar refractivity (Wildman–Crippen MR) is 101 cm³/mol. The van der Waals surface area contributed by atoms with E-state index in [4.69, 9.17) is 0 Å². The zero-order valence-electron chi connectivity index (χ0n) is 14.7. The number of fused-ring (bicyclic) bond motifs is 1. The molecule has 0 saturated heterocycles. The number of hydrogen-bond donors (Lipinski definition) is 0. The molecule has 2 aromatic rings. The van der Waals surface area contributed by atoms with Gasteiger partial charge in [0, 0.05) is 23.5 Å². The second kappa shape index (κ2) is 6.70. The average Bonchev–Trinajstić information content (AvgIpc) is 2.97. The summed E-state index contributed by atoms with van der Waals surface area (Å²) in [5.74, 6) is 0. The van der Waals surface area contributed by atoms with Gasteiger partial charge in [0.15, 0.2) is 0 Å². The molecule has 0 aromatic heterocycles. The molecular weight excluding hydrogens is 298 g/mol. The second-order valence-electron chi connectivity index (χ2n) is 7.29. The lowest BCUT2D eigenvalue weighted by atomic mass is 9.93. The summed E-state index contributed by atoms with van der Waals surface area (Å²) >= 11 is 1.83. The first-order chi connectivity index (χ1) is 11.0. The zero-order chi connectivity index (χ0) is 16.4. The van der Waals surface area contributed by atoms with Gasteiger partial charge in [0.1, 0.15) is 0 Å². The lowest BCUT2D eigenvalue weighted by Crippen LogP contribution is -2.40. The van der Waals surface area contributed by atoms with E-state index in [1.807, 2.05) is 11.8 Å². The van der Waals surface area contributed by atoms with E-state index < -0.39 is 0 Å². The molecule has 0 unspecified atom stereocenters. The number of hydrogen-bond acceptors (Lipinski definition) is 2. The average molecular weight is 326 g/mol. The Kier molecular flexibility index (Phi) is 4.84. The van der Waals surface area contributed by atoms with Gasteiger partial charge < -0.3 is 0 Å². The third kappa shape index (κ3) is 3.81. The lowest BCUT2D eigenvalue weighted by molar-refractivity contribution is 0.109. The van der Waals surface area contributed by atoms with Crippen molar-refractivity contribution in [3.05, 3.63) is 64.7 Å². The van der Waals surface area contributed by atoms with Crippen LogP contribution in [0.25, 0.3) is 0 Å². The number of benzene rings is 2. The van der Waals surface area contributed by atoms with Crippen LogP contribution in [0.1, 0.15) is 42.5 Å². The maximum Gasteiger partial charge on any atom is 0.0246 e. The third-order valence-corrected chi connectivity index (χ3v) is 5.83. The Hall–Kier alpha value is -1.25. The summed E-state index contributed by atoms with van der Waals surface area (Å²) in [5.41, 5.74) is 6.06. The monoisotopic (exact) mass is 325 g/mol. The number of aryl methyl sites for hydroxylation is 2. The fourth-order valence-corrected chi connectivity index (χ4v) is 3.87. The summed E-state index contributed by atoms with van der Waals surface area (Å²) in [5, 5.41) is 0. The molecule has 0 fully saturated rings. The summed E-state index contributed by atoms with van der Waals surface area (Å²) in [7, 11) is 0. The molecule has 0 saturated carbocycles. The molecule has 0 N–H and O–H groups in total. The van der Waals surface area contributed by atoms with E-state index in [1.165, 1.54) is 33.6 Å². The molecular formula is C21H27NS. The van der Waals surface area contributed by atoms with Gasteiger partial charge in [-0.1, -0.05) is 35.9 Å². The quantitative estimate of drug-likeness (QED) is 0.673. The molecule has 23 heavy (non-hydrogen) atoms. The Morgan fingerprint density at radius 2 is 1.83 bits per heavy atom. The normalized spacial score (nSPS) is 15.0. The minimum Gasteiger partial charge on any atom is -0.290 e. The van der Waals surface area contributed by atoms with Gasteiger partial charge in [-0.3, -0.25) is 4.90 Å². The third-order valence-electron chi connectivity index (χ3n) is 5.10. The minimum atomic E-state index is 0.224. The molecule has 2 aromatic carbocycles. The molecule has 0 spiro atoms. The SMILES string of the molecule is CSc1ccc2c(c1)CN(C(C)(C)CCc1cccc(C)c1)C2. The van der Waals surface area contributed by atoms with Crippen molar-refractivity contribution < 1.29 is 0 Å². The number of nitrogens with zero attached hydrogens (tertiary/aromatic N) is 1. The van der Waals surface area contributed by atoms with Crippen LogP contribution in [0.3, 0.4) is 0 Å². The molecule has 2 heteroatoms. The molecule has 1 heterocycles. The van der Waals surface area contributed by atoms with Crippen LogP contribution in [-0.2, 0) is 19.5 Å². The Morgan fingerprint density at radius 1 is 1.04 bits per heavy atom. The summed E-state index contributed by atoms with van der Waals surface area (Å²) in [6.07, 6.45) is 4.50. The molecule has 3 rings (SSSR count). The van der Waals surface area contributed by atoms with Crippen LogP contribution in [0, 0.1) is 6.92 Å². The standard InChI is InChI=1S/C21H27NS/c1-16-6-5-7-17(12-16)10-11-21(2,3)22-14-18-8-9-20(23-4)13-19(18)15-22/h5-9,12-13H,10-11,14-15H2,1-4H3. The molecule has 1 aliphatic rings.